The van der Waals surface area contributed by atoms with Gasteiger partial charge in [0.15, 0.2) is 0 Å². The van der Waals surface area contributed by atoms with Gasteiger partial charge in [0.25, 0.3) is 0 Å². The van der Waals surface area contributed by atoms with Crippen LogP contribution in [0.25, 0.3) is 0 Å². The van der Waals surface area contributed by atoms with Gasteiger partial charge in [0.2, 0.25) is 0 Å². The highest BCUT2D eigenvalue weighted by Crippen LogP contribution is 2.27. The summed E-state index contributed by atoms with van der Waals surface area (Å²) in [6, 6.07) is 2.51. The Morgan fingerprint density at radius 3 is 2.33 bits per heavy atom. The molecule has 0 heterocycles. The predicted molar refractivity (Wildman–Crippen MR) is 60.5 cm³/mol. The Kier molecular flexibility index (Phi) is 4.00. The Balaban J connectivity index is 3.24. The van der Waals surface area contributed by atoms with E-state index in [9.17, 15) is 22.8 Å². The molecule has 0 saturated heterocycles. The molecular formula is C10H7BrF3NO3. The summed E-state index contributed by atoms with van der Waals surface area (Å²) in [5, 5.41) is 10.4. The van der Waals surface area contributed by atoms with Gasteiger partial charge in [-0.05, 0) is 24.6 Å². The van der Waals surface area contributed by atoms with Crippen LogP contribution in [0.4, 0.5) is 18.9 Å². The largest absolute Gasteiger partial charge is 0.478 e. The highest BCUT2D eigenvalue weighted by Gasteiger charge is 2.39. The van der Waals surface area contributed by atoms with Gasteiger partial charge in [0.1, 0.15) is 0 Å². The minimum atomic E-state index is -5.07. The number of aromatic carboxylic acids is 1. The van der Waals surface area contributed by atoms with Crippen molar-refractivity contribution in [3.63, 3.8) is 0 Å². The van der Waals surface area contributed by atoms with E-state index in [1.807, 2.05) is 0 Å². The molecular weight excluding hydrogens is 319 g/mol. The van der Waals surface area contributed by atoms with Gasteiger partial charge in [0, 0.05) is 4.47 Å². The van der Waals surface area contributed by atoms with Crippen molar-refractivity contribution in [3.05, 3.63) is 27.7 Å². The van der Waals surface area contributed by atoms with E-state index in [1.165, 1.54) is 13.0 Å². The number of carbonyl (C=O) groups excluding carboxylic acids is 1. The molecule has 0 atom stereocenters. The number of anilines is 1. The average Bonchev–Trinajstić information content (AvgIpc) is 2.19. The number of carbonyl (C=O) groups is 2. The lowest BCUT2D eigenvalue weighted by Crippen LogP contribution is -2.31. The van der Waals surface area contributed by atoms with E-state index < -0.39 is 23.6 Å². The summed E-state index contributed by atoms with van der Waals surface area (Å²) in [5.74, 6) is -3.65. The molecule has 0 radical (unpaired) electrons. The first-order chi connectivity index (χ1) is 8.12. The second-order valence-electron chi connectivity index (χ2n) is 3.40. The van der Waals surface area contributed by atoms with Crippen molar-refractivity contribution in [1.29, 1.82) is 0 Å². The number of aryl methyl sites for hydroxylation is 1. The molecule has 0 saturated carbocycles. The van der Waals surface area contributed by atoms with Gasteiger partial charge >= 0.3 is 18.1 Å². The van der Waals surface area contributed by atoms with Crippen LogP contribution in [0.1, 0.15) is 15.9 Å². The van der Waals surface area contributed by atoms with Crippen LogP contribution in [0.3, 0.4) is 0 Å². The molecule has 0 aromatic heterocycles. The number of carboxylic acids is 1. The molecule has 0 aliphatic heterocycles. The molecule has 1 aromatic carbocycles. The van der Waals surface area contributed by atoms with Crippen LogP contribution in [0.15, 0.2) is 16.6 Å². The van der Waals surface area contributed by atoms with Gasteiger partial charge in [-0.25, -0.2) is 4.79 Å². The average molecular weight is 326 g/mol. The SMILES string of the molecule is Cc1cc(Br)cc(C(=O)O)c1NC(=O)C(F)(F)F. The zero-order chi connectivity index (χ0) is 14.1. The minimum absolute atomic E-state index is 0.208. The number of hydrogen-bond donors (Lipinski definition) is 2. The topological polar surface area (TPSA) is 66.4 Å². The van der Waals surface area contributed by atoms with Gasteiger partial charge in [-0.2, -0.15) is 13.2 Å². The van der Waals surface area contributed by atoms with Gasteiger partial charge in [0.05, 0.1) is 11.3 Å². The van der Waals surface area contributed by atoms with Crippen molar-refractivity contribution in [3.8, 4) is 0 Å². The molecule has 4 nitrogen and oxygen atoms in total. The molecule has 0 fully saturated rings. The van der Waals surface area contributed by atoms with Gasteiger partial charge in [-0.15, -0.1) is 0 Å². The maximum atomic E-state index is 12.1. The van der Waals surface area contributed by atoms with E-state index in [4.69, 9.17) is 5.11 Å². The maximum absolute atomic E-state index is 12.1. The van der Waals surface area contributed by atoms with Crippen LogP contribution in [0.2, 0.25) is 0 Å². The van der Waals surface area contributed by atoms with E-state index in [0.717, 1.165) is 6.07 Å². The Bertz CT molecular complexity index is 514. The van der Waals surface area contributed by atoms with E-state index in [1.54, 1.807) is 5.32 Å². The third kappa shape index (κ3) is 3.22. The van der Waals surface area contributed by atoms with Crippen molar-refractivity contribution in [2.24, 2.45) is 0 Å². The number of benzene rings is 1. The highest BCUT2D eigenvalue weighted by atomic mass is 79.9. The normalized spacial score (nSPS) is 11.2. The Morgan fingerprint density at radius 1 is 1.33 bits per heavy atom. The summed E-state index contributed by atoms with van der Waals surface area (Å²) in [6.07, 6.45) is -5.07. The summed E-state index contributed by atoms with van der Waals surface area (Å²) >= 11 is 3.02. The molecule has 0 aliphatic rings. The van der Waals surface area contributed by atoms with Crippen molar-refractivity contribution >= 4 is 33.5 Å². The van der Waals surface area contributed by atoms with Crippen LogP contribution < -0.4 is 5.32 Å². The number of hydrogen-bond acceptors (Lipinski definition) is 2. The van der Waals surface area contributed by atoms with Crippen LogP contribution in [0.5, 0.6) is 0 Å². The van der Waals surface area contributed by atoms with Crippen molar-refractivity contribution in [2.75, 3.05) is 5.32 Å². The fourth-order valence-electron chi connectivity index (χ4n) is 1.26. The van der Waals surface area contributed by atoms with E-state index in [2.05, 4.69) is 15.9 Å². The quantitative estimate of drug-likeness (QED) is 0.878. The fraction of sp³-hybridized carbons (Fsp3) is 0.200. The number of nitrogens with one attached hydrogen (secondary N) is 1. The Labute approximate surface area is 108 Å². The standard InChI is InChI=1S/C10H7BrF3NO3/c1-4-2-5(11)3-6(8(16)17)7(4)15-9(18)10(12,13)14/h2-3H,1H3,(H,15,18)(H,16,17). The predicted octanol–water partition coefficient (Wildman–Crippen LogP) is 2.96. The maximum Gasteiger partial charge on any atom is 0.471 e. The highest BCUT2D eigenvalue weighted by molar-refractivity contribution is 9.10. The molecule has 0 spiro atoms. The van der Waals surface area contributed by atoms with Gasteiger partial charge < -0.3 is 10.4 Å². The molecule has 0 aliphatic carbocycles. The summed E-state index contributed by atoms with van der Waals surface area (Å²) in [6.45, 7) is 1.39. The van der Waals surface area contributed by atoms with Crippen LogP contribution in [-0.2, 0) is 4.79 Å². The minimum Gasteiger partial charge on any atom is -0.478 e. The van der Waals surface area contributed by atoms with Gasteiger partial charge in [-0.3, -0.25) is 4.79 Å². The molecule has 0 unspecified atom stereocenters. The van der Waals surface area contributed by atoms with Gasteiger partial charge in [-0.1, -0.05) is 15.9 Å². The molecule has 1 amide bonds. The molecule has 1 aromatic rings. The lowest BCUT2D eigenvalue weighted by atomic mass is 10.1. The van der Waals surface area contributed by atoms with Crippen molar-refractivity contribution in [1.82, 2.24) is 0 Å². The number of rotatable bonds is 2. The molecule has 2 N–H and O–H groups in total. The van der Waals surface area contributed by atoms with Crippen molar-refractivity contribution in [2.45, 2.75) is 13.1 Å². The number of halogens is 4. The molecule has 8 heteroatoms. The third-order valence-corrected chi connectivity index (χ3v) is 2.48. The second-order valence-corrected chi connectivity index (χ2v) is 4.32. The Morgan fingerprint density at radius 2 is 1.89 bits per heavy atom. The molecule has 18 heavy (non-hydrogen) atoms. The second kappa shape index (κ2) is 4.97. The summed E-state index contributed by atoms with van der Waals surface area (Å²) in [4.78, 5) is 21.7. The number of alkyl halides is 3. The molecule has 1 rings (SSSR count). The molecule has 98 valence electrons. The summed E-state index contributed by atoms with van der Waals surface area (Å²) in [7, 11) is 0. The first kappa shape index (κ1) is 14.5. The van der Waals surface area contributed by atoms with E-state index in [0.29, 0.717) is 4.47 Å². The van der Waals surface area contributed by atoms with Crippen LogP contribution in [0, 0.1) is 6.92 Å². The van der Waals surface area contributed by atoms with E-state index >= 15 is 0 Å². The third-order valence-electron chi connectivity index (χ3n) is 2.03. The Hall–Kier alpha value is -1.57. The van der Waals surface area contributed by atoms with Crippen molar-refractivity contribution < 1.29 is 27.9 Å². The lowest BCUT2D eigenvalue weighted by molar-refractivity contribution is -0.167. The molecule has 0 bridgehead atoms. The monoisotopic (exact) mass is 325 g/mol. The fourth-order valence-corrected chi connectivity index (χ4v) is 1.83. The first-order valence-electron chi connectivity index (χ1n) is 4.54. The van der Waals surface area contributed by atoms with Crippen LogP contribution in [-0.4, -0.2) is 23.2 Å². The zero-order valence-corrected chi connectivity index (χ0v) is 10.5. The van der Waals surface area contributed by atoms with Crippen LogP contribution >= 0.6 is 15.9 Å². The number of carboxylic acid groups (broad SMARTS) is 1. The first-order valence-corrected chi connectivity index (χ1v) is 5.34. The lowest BCUT2D eigenvalue weighted by Gasteiger charge is -2.13. The zero-order valence-electron chi connectivity index (χ0n) is 8.93. The number of amides is 1. The van der Waals surface area contributed by atoms with E-state index in [-0.39, 0.29) is 11.3 Å². The summed E-state index contributed by atoms with van der Waals surface area (Å²) < 4.78 is 36.7. The smallest absolute Gasteiger partial charge is 0.471 e. The summed E-state index contributed by atoms with van der Waals surface area (Å²) in [5.41, 5.74) is -0.577.